The van der Waals surface area contributed by atoms with Gasteiger partial charge >= 0.3 is 0 Å². The van der Waals surface area contributed by atoms with Crippen molar-refractivity contribution in [2.75, 3.05) is 42.3 Å². The van der Waals surface area contributed by atoms with Crippen molar-refractivity contribution in [3.8, 4) is 0 Å². The van der Waals surface area contributed by atoms with Gasteiger partial charge in [-0.15, -0.1) is 0 Å². The number of primary amides is 1. The molecule has 0 radical (unpaired) electrons. The molecule has 0 bridgehead atoms. The summed E-state index contributed by atoms with van der Waals surface area (Å²) in [6, 6.07) is 0.0499. The van der Waals surface area contributed by atoms with Crippen molar-refractivity contribution in [1.29, 1.82) is 0 Å². The van der Waals surface area contributed by atoms with Crippen molar-refractivity contribution >= 4 is 23.8 Å². The molecule has 0 aliphatic heterocycles. The van der Waals surface area contributed by atoms with Gasteiger partial charge in [0.2, 0.25) is 23.8 Å². The van der Waals surface area contributed by atoms with Gasteiger partial charge in [0.25, 0.3) is 0 Å². The van der Waals surface area contributed by atoms with E-state index in [-0.39, 0.29) is 12.6 Å². The number of amides is 1. The maximum absolute atomic E-state index is 11.2. The Labute approximate surface area is 125 Å². The predicted octanol–water partition coefficient (Wildman–Crippen LogP) is 0.460. The van der Waals surface area contributed by atoms with Crippen LogP contribution in [-0.4, -0.2) is 54.1 Å². The Morgan fingerprint density at radius 2 is 1.86 bits per heavy atom. The fourth-order valence-electron chi connectivity index (χ4n) is 1.65. The van der Waals surface area contributed by atoms with Crippen LogP contribution in [0.3, 0.4) is 0 Å². The normalized spacial score (nSPS) is 10.6. The van der Waals surface area contributed by atoms with Gasteiger partial charge < -0.3 is 20.9 Å². The molecule has 3 N–H and O–H groups in total. The molecule has 0 unspecified atom stereocenters. The van der Waals surface area contributed by atoms with Crippen LogP contribution in [0.25, 0.3) is 0 Å². The maximum atomic E-state index is 11.2. The molecule has 1 aromatic heterocycles. The standard InChI is InChI=1S/C13H25N7O/c1-6-7-15-11-16-12(19(4)5)18-13(17-11)20(9(2)3)8-10(14)21/h9H,6-8H2,1-5H3,(H2,14,21)(H,15,16,17,18). The number of nitrogens with zero attached hydrogens (tertiary/aromatic N) is 5. The van der Waals surface area contributed by atoms with Crippen LogP contribution in [0.2, 0.25) is 0 Å². The van der Waals surface area contributed by atoms with Crippen LogP contribution in [0.5, 0.6) is 0 Å². The summed E-state index contributed by atoms with van der Waals surface area (Å²) < 4.78 is 0. The van der Waals surface area contributed by atoms with E-state index in [4.69, 9.17) is 5.73 Å². The van der Waals surface area contributed by atoms with Crippen molar-refractivity contribution in [2.45, 2.75) is 33.2 Å². The average molecular weight is 295 g/mol. The first-order valence-corrected chi connectivity index (χ1v) is 7.07. The van der Waals surface area contributed by atoms with E-state index < -0.39 is 5.91 Å². The molecule has 1 heterocycles. The molecule has 8 heteroatoms. The van der Waals surface area contributed by atoms with Crippen molar-refractivity contribution in [2.24, 2.45) is 5.73 Å². The van der Waals surface area contributed by atoms with Gasteiger partial charge in [-0.05, 0) is 20.3 Å². The first-order chi connectivity index (χ1) is 9.85. The van der Waals surface area contributed by atoms with Gasteiger partial charge in [0.05, 0.1) is 6.54 Å². The number of anilines is 3. The Balaban J connectivity index is 3.17. The highest BCUT2D eigenvalue weighted by Gasteiger charge is 2.18. The Morgan fingerprint density at radius 3 is 2.33 bits per heavy atom. The van der Waals surface area contributed by atoms with Gasteiger partial charge in [-0.1, -0.05) is 6.92 Å². The predicted molar refractivity (Wildman–Crippen MR) is 84.6 cm³/mol. The van der Waals surface area contributed by atoms with Gasteiger partial charge in [-0.2, -0.15) is 15.0 Å². The topological polar surface area (TPSA) is 100 Å². The van der Waals surface area contributed by atoms with Crippen molar-refractivity contribution < 1.29 is 4.79 Å². The summed E-state index contributed by atoms with van der Waals surface area (Å²) in [7, 11) is 3.72. The molecule has 0 aliphatic carbocycles. The molecule has 8 nitrogen and oxygen atoms in total. The number of hydrogen-bond acceptors (Lipinski definition) is 7. The molecule has 1 aromatic rings. The van der Waals surface area contributed by atoms with Crippen molar-refractivity contribution in [1.82, 2.24) is 15.0 Å². The Bertz CT molecular complexity index is 476. The van der Waals surface area contributed by atoms with Crippen molar-refractivity contribution in [3.63, 3.8) is 0 Å². The summed E-state index contributed by atoms with van der Waals surface area (Å²) >= 11 is 0. The first kappa shape index (κ1) is 16.9. The molecule has 0 aliphatic rings. The lowest BCUT2D eigenvalue weighted by Gasteiger charge is -2.26. The van der Waals surface area contributed by atoms with Crippen LogP contribution in [0.4, 0.5) is 17.8 Å². The van der Waals surface area contributed by atoms with Gasteiger partial charge in [-0.3, -0.25) is 4.79 Å². The first-order valence-electron chi connectivity index (χ1n) is 7.07. The monoisotopic (exact) mass is 295 g/mol. The lowest BCUT2D eigenvalue weighted by molar-refractivity contribution is -0.116. The molecular weight excluding hydrogens is 270 g/mol. The van der Waals surface area contributed by atoms with E-state index in [1.165, 1.54) is 0 Å². The Kier molecular flexibility index (Phi) is 6.13. The Hall–Kier alpha value is -2.12. The second-order valence-electron chi connectivity index (χ2n) is 5.27. The van der Waals surface area contributed by atoms with E-state index in [0.29, 0.717) is 17.8 Å². The minimum atomic E-state index is -0.418. The molecule has 0 atom stereocenters. The Morgan fingerprint density at radius 1 is 1.24 bits per heavy atom. The molecule has 1 amide bonds. The van der Waals surface area contributed by atoms with E-state index in [2.05, 4.69) is 27.2 Å². The van der Waals surface area contributed by atoms with E-state index in [1.807, 2.05) is 27.9 Å². The number of rotatable bonds is 8. The molecule has 0 fully saturated rings. The largest absolute Gasteiger partial charge is 0.368 e. The minimum Gasteiger partial charge on any atom is -0.368 e. The van der Waals surface area contributed by atoms with Gasteiger partial charge in [0.1, 0.15) is 0 Å². The van der Waals surface area contributed by atoms with Gasteiger partial charge in [0, 0.05) is 26.7 Å². The van der Waals surface area contributed by atoms with Gasteiger partial charge in [-0.25, -0.2) is 0 Å². The van der Waals surface area contributed by atoms with Crippen LogP contribution in [0, 0.1) is 0 Å². The van der Waals surface area contributed by atoms with Crippen LogP contribution >= 0.6 is 0 Å². The van der Waals surface area contributed by atoms with Crippen LogP contribution in [0.1, 0.15) is 27.2 Å². The summed E-state index contributed by atoms with van der Waals surface area (Å²) in [5, 5.41) is 3.15. The average Bonchev–Trinajstić information content (AvgIpc) is 2.41. The van der Waals surface area contributed by atoms with E-state index in [1.54, 1.807) is 9.80 Å². The molecule has 118 valence electrons. The molecule has 0 saturated heterocycles. The lowest BCUT2D eigenvalue weighted by atomic mass is 10.3. The zero-order chi connectivity index (χ0) is 16.0. The summed E-state index contributed by atoms with van der Waals surface area (Å²) in [4.78, 5) is 27.9. The number of nitrogens with two attached hydrogens (primary N) is 1. The van der Waals surface area contributed by atoms with Crippen LogP contribution < -0.4 is 20.9 Å². The molecule has 21 heavy (non-hydrogen) atoms. The molecule has 0 spiro atoms. The van der Waals surface area contributed by atoms with E-state index >= 15 is 0 Å². The zero-order valence-corrected chi connectivity index (χ0v) is 13.4. The second-order valence-corrected chi connectivity index (χ2v) is 5.27. The third kappa shape index (κ3) is 5.05. The zero-order valence-electron chi connectivity index (χ0n) is 13.4. The number of hydrogen-bond donors (Lipinski definition) is 2. The molecule has 0 aromatic carbocycles. The van der Waals surface area contributed by atoms with Crippen LogP contribution in [-0.2, 0) is 4.79 Å². The molecule has 0 saturated carbocycles. The maximum Gasteiger partial charge on any atom is 0.237 e. The summed E-state index contributed by atoms with van der Waals surface area (Å²) in [5.74, 6) is 1.06. The highest BCUT2D eigenvalue weighted by Crippen LogP contribution is 2.17. The molecule has 1 rings (SSSR count). The fourth-order valence-corrected chi connectivity index (χ4v) is 1.65. The summed E-state index contributed by atoms with van der Waals surface area (Å²) in [5.41, 5.74) is 5.31. The number of carbonyl (C=O) groups excluding carboxylic acids is 1. The molecular formula is C13H25N7O. The van der Waals surface area contributed by atoms with E-state index in [0.717, 1.165) is 13.0 Å². The van der Waals surface area contributed by atoms with E-state index in [9.17, 15) is 4.79 Å². The second kappa shape index (κ2) is 7.61. The highest BCUT2D eigenvalue weighted by atomic mass is 16.1. The third-order valence-electron chi connectivity index (χ3n) is 2.75. The smallest absolute Gasteiger partial charge is 0.237 e. The SMILES string of the molecule is CCCNc1nc(N(C)C)nc(N(CC(N)=O)C(C)C)n1. The lowest BCUT2D eigenvalue weighted by Crippen LogP contribution is -2.40. The fraction of sp³-hybridized carbons (Fsp3) is 0.692. The summed E-state index contributed by atoms with van der Waals surface area (Å²) in [6.07, 6.45) is 0.966. The third-order valence-corrected chi connectivity index (χ3v) is 2.75. The number of aromatic nitrogens is 3. The van der Waals surface area contributed by atoms with Gasteiger partial charge in [0.15, 0.2) is 0 Å². The quantitative estimate of drug-likeness (QED) is 0.718. The highest BCUT2D eigenvalue weighted by molar-refractivity contribution is 5.79. The van der Waals surface area contributed by atoms with Crippen molar-refractivity contribution in [3.05, 3.63) is 0 Å². The number of nitrogens with one attached hydrogen (secondary N) is 1. The summed E-state index contributed by atoms with van der Waals surface area (Å²) in [6.45, 7) is 6.83. The number of carbonyl (C=O) groups is 1. The minimum absolute atomic E-state index is 0.0499. The van der Waals surface area contributed by atoms with Crippen LogP contribution in [0.15, 0.2) is 0 Å².